The molecular weight excluding hydrogens is 302 g/mol. The molecule has 0 fully saturated rings. The maximum Gasteiger partial charge on any atom is 0.268 e. The molecule has 6 heteroatoms. The molecule has 0 bridgehead atoms. The molecule has 0 N–H and O–H groups in total. The average molecular weight is 319 g/mol. The van der Waals surface area contributed by atoms with Crippen molar-refractivity contribution in [1.29, 1.82) is 0 Å². The van der Waals surface area contributed by atoms with Crippen LogP contribution in [0.1, 0.15) is 5.56 Å². The van der Waals surface area contributed by atoms with Gasteiger partial charge in [-0.2, -0.15) is 0 Å². The van der Waals surface area contributed by atoms with Gasteiger partial charge in [0, 0.05) is 37.7 Å². The van der Waals surface area contributed by atoms with Gasteiger partial charge in [0.2, 0.25) is 5.89 Å². The van der Waals surface area contributed by atoms with Crippen molar-refractivity contribution in [2.24, 2.45) is 0 Å². The van der Waals surface area contributed by atoms with E-state index in [1.54, 1.807) is 0 Å². The number of hydrogen-bond acceptors (Lipinski definition) is 5. The Morgan fingerprint density at radius 2 is 1.75 bits per heavy atom. The van der Waals surface area contributed by atoms with Gasteiger partial charge in [-0.1, -0.05) is 6.07 Å². The molecule has 6 nitrogen and oxygen atoms in total. The summed E-state index contributed by atoms with van der Waals surface area (Å²) in [6, 6.07) is 12.0. The number of pyridine rings is 1. The van der Waals surface area contributed by atoms with Gasteiger partial charge in [-0.3, -0.25) is 0 Å². The Balaban J connectivity index is 1.69. The first-order chi connectivity index (χ1) is 11.6. The molecule has 1 aromatic carbocycles. The van der Waals surface area contributed by atoms with Crippen LogP contribution in [0, 0.1) is 6.92 Å². The van der Waals surface area contributed by atoms with Gasteiger partial charge in [0.1, 0.15) is 11.3 Å². The fourth-order valence-electron chi connectivity index (χ4n) is 2.60. The van der Waals surface area contributed by atoms with E-state index < -0.39 is 0 Å². The maximum absolute atomic E-state index is 5.81. The Kier molecular flexibility index (Phi) is 3.30. The molecule has 0 unspecified atom stereocenters. The minimum atomic E-state index is 0.421. The van der Waals surface area contributed by atoms with Gasteiger partial charge in [0.05, 0.1) is 0 Å². The monoisotopic (exact) mass is 319 g/mol. The first-order valence-corrected chi connectivity index (χ1v) is 7.68. The topological polar surface area (TPSA) is 59.5 Å². The number of hydrogen-bond donors (Lipinski definition) is 0. The molecule has 24 heavy (non-hydrogen) atoms. The van der Waals surface area contributed by atoms with Gasteiger partial charge >= 0.3 is 0 Å². The lowest BCUT2D eigenvalue weighted by Crippen LogP contribution is -2.07. The third-order valence-electron chi connectivity index (χ3n) is 3.95. The minimum absolute atomic E-state index is 0.421. The number of anilines is 1. The summed E-state index contributed by atoms with van der Waals surface area (Å²) < 4.78 is 7.77. The van der Waals surface area contributed by atoms with E-state index in [9.17, 15) is 0 Å². The number of nitrogens with zero attached hydrogens (tertiary/aromatic N) is 5. The molecule has 0 saturated carbocycles. The van der Waals surface area contributed by atoms with Crippen molar-refractivity contribution in [1.82, 2.24) is 19.6 Å². The van der Waals surface area contributed by atoms with Crippen LogP contribution in [0.3, 0.4) is 0 Å². The van der Waals surface area contributed by atoms with Crippen molar-refractivity contribution in [3.05, 3.63) is 54.4 Å². The van der Waals surface area contributed by atoms with Crippen molar-refractivity contribution in [3.63, 3.8) is 0 Å². The van der Waals surface area contributed by atoms with Crippen LogP contribution in [0.2, 0.25) is 0 Å². The van der Waals surface area contributed by atoms with Gasteiger partial charge in [-0.25, -0.2) is 4.98 Å². The summed E-state index contributed by atoms with van der Waals surface area (Å²) in [7, 11) is 4.01. The van der Waals surface area contributed by atoms with Gasteiger partial charge in [-0.15, -0.1) is 10.2 Å². The standard InChI is InChI=1S/C18H17N5O/c1-12-5-4-10-23-11-15(19-16(12)23)18-21-20-17(24-18)13-6-8-14(9-7-13)22(2)3/h4-11H,1-3H3. The molecule has 120 valence electrons. The number of fused-ring (bicyclic) bond motifs is 1. The van der Waals surface area contributed by atoms with Crippen LogP contribution >= 0.6 is 0 Å². The molecule has 3 heterocycles. The molecule has 0 aliphatic heterocycles. The maximum atomic E-state index is 5.81. The molecule has 0 saturated heterocycles. The van der Waals surface area contributed by atoms with E-state index in [1.807, 2.05) is 79.1 Å². The van der Waals surface area contributed by atoms with Crippen LogP contribution < -0.4 is 4.90 Å². The Hall–Kier alpha value is -3.15. The molecule has 0 atom stereocenters. The molecule has 0 aliphatic rings. The Labute approximate surface area is 139 Å². The van der Waals surface area contributed by atoms with Crippen molar-refractivity contribution in [3.8, 4) is 23.0 Å². The zero-order chi connectivity index (χ0) is 16.7. The van der Waals surface area contributed by atoms with Crippen LogP contribution in [0.25, 0.3) is 28.7 Å². The van der Waals surface area contributed by atoms with Crippen molar-refractivity contribution in [2.75, 3.05) is 19.0 Å². The zero-order valence-corrected chi connectivity index (χ0v) is 13.8. The van der Waals surface area contributed by atoms with E-state index in [-0.39, 0.29) is 0 Å². The van der Waals surface area contributed by atoms with Crippen LogP contribution in [0.4, 0.5) is 5.69 Å². The normalized spacial score (nSPS) is 11.1. The first kappa shape index (κ1) is 14.4. The summed E-state index contributed by atoms with van der Waals surface area (Å²) in [5.41, 5.74) is 4.67. The molecule has 4 rings (SSSR count). The van der Waals surface area contributed by atoms with E-state index >= 15 is 0 Å². The summed E-state index contributed by atoms with van der Waals surface area (Å²) in [6.07, 6.45) is 3.85. The highest BCUT2D eigenvalue weighted by atomic mass is 16.4. The lowest BCUT2D eigenvalue weighted by atomic mass is 10.2. The summed E-state index contributed by atoms with van der Waals surface area (Å²) in [5.74, 6) is 0.911. The van der Waals surface area contributed by atoms with Gasteiger partial charge < -0.3 is 13.7 Å². The van der Waals surface area contributed by atoms with Gasteiger partial charge in [0.15, 0.2) is 0 Å². The molecule has 0 spiro atoms. The predicted octanol–water partition coefficient (Wildman–Crippen LogP) is 3.43. The Morgan fingerprint density at radius 1 is 1.00 bits per heavy atom. The van der Waals surface area contributed by atoms with E-state index in [4.69, 9.17) is 4.42 Å². The predicted molar refractivity (Wildman–Crippen MR) is 93.0 cm³/mol. The summed E-state index contributed by atoms with van der Waals surface area (Å²) in [6.45, 7) is 2.03. The number of aryl methyl sites for hydroxylation is 1. The smallest absolute Gasteiger partial charge is 0.268 e. The van der Waals surface area contributed by atoms with Gasteiger partial charge in [0.25, 0.3) is 5.89 Å². The zero-order valence-electron chi connectivity index (χ0n) is 13.8. The number of aromatic nitrogens is 4. The summed E-state index contributed by atoms with van der Waals surface area (Å²) >= 11 is 0. The van der Waals surface area contributed by atoms with Crippen molar-refractivity contribution >= 4 is 11.3 Å². The van der Waals surface area contributed by atoms with E-state index in [1.165, 1.54) is 0 Å². The van der Waals surface area contributed by atoms with Crippen LogP contribution in [-0.2, 0) is 0 Å². The van der Waals surface area contributed by atoms with E-state index in [2.05, 4.69) is 15.2 Å². The van der Waals surface area contributed by atoms with Crippen LogP contribution in [0.5, 0.6) is 0 Å². The molecule has 0 amide bonds. The largest absolute Gasteiger partial charge is 0.415 e. The quantitative estimate of drug-likeness (QED) is 0.579. The van der Waals surface area contributed by atoms with E-state index in [0.29, 0.717) is 17.5 Å². The number of imidazole rings is 1. The minimum Gasteiger partial charge on any atom is -0.415 e. The average Bonchev–Trinajstić information content (AvgIpc) is 3.22. The molecular formula is C18H17N5O. The van der Waals surface area contributed by atoms with Gasteiger partial charge in [-0.05, 0) is 42.8 Å². The lowest BCUT2D eigenvalue weighted by Gasteiger charge is -2.11. The second-order valence-corrected chi connectivity index (χ2v) is 5.90. The molecule has 0 radical (unpaired) electrons. The highest BCUT2D eigenvalue weighted by molar-refractivity contribution is 5.61. The SMILES string of the molecule is Cc1cccn2cc(-c3nnc(-c4ccc(N(C)C)cc4)o3)nc12. The fraction of sp³-hybridized carbons (Fsp3) is 0.167. The third kappa shape index (κ3) is 2.42. The highest BCUT2D eigenvalue weighted by Gasteiger charge is 2.14. The second-order valence-electron chi connectivity index (χ2n) is 5.90. The molecule has 3 aromatic heterocycles. The summed E-state index contributed by atoms with van der Waals surface area (Å²) in [4.78, 5) is 6.63. The van der Waals surface area contributed by atoms with Crippen LogP contribution in [0.15, 0.2) is 53.2 Å². The summed E-state index contributed by atoms with van der Waals surface area (Å²) in [5, 5.41) is 8.29. The first-order valence-electron chi connectivity index (χ1n) is 7.68. The van der Waals surface area contributed by atoms with Crippen LogP contribution in [-0.4, -0.2) is 33.7 Å². The molecule has 0 aliphatic carbocycles. The second kappa shape index (κ2) is 5.49. The molecule has 4 aromatic rings. The highest BCUT2D eigenvalue weighted by Crippen LogP contribution is 2.25. The number of benzene rings is 1. The van der Waals surface area contributed by atoms with Crippen molar-refractivity contribution < 1.29 is 4.42 Å². The Morgan fingerprint density at radius 3 is 2.46 bits per heavy atom. The van der Waals surface area contributed by atoms with E-state index in [0.717, 1.165) is 22.5 Å². The lowest BCUT2D eigenvalue weighted by molar-refractivity contribution is 0.582. The third-order valence-corrected chi connectivity index (χ3v) is 3.95. The fourth-order valence-corrected chi connectivity index (χ4v) is 2.60. The Bertz CT molecular complexity index is 998. The number of rotatable bonds is 3. The van der Waals surface area contributed by atoms with Crippen molar-refractivity contribution in [2.45, 2.75) is 6.92 Å².